The number of aromatic amines is 1. The lowest BCUT2D eigenvalue weighted by Crippen LogP contribution is -2.39. The molecule has 1 aliphatic rings. The minimum Gasteiger partial charge on any atom is -0.478 e. The first kappa shape index (κ1) is 19.8. The maximum atomic E-state index is 13.8. The minimum atomic E-state index is -0.822. The molecule has 1 aromatic carbocycles. The fourth-order valence-corrected chi connectivity index (χ4v) is 3.55. The molecule has 0 radical (unpaired) electrons. The van der Waals surface area contributed by atoms with Crippen molar-refractivity contribution >= 4 is 5.91 Å². The number of hydrogen-bond acceptors (Lipinski definition) is 5. The molecule has 3 aromatic rings. The molecule has 2 aromatic heterocycles. The number of aromatic nitrogens is 3. The quantitative estimate of drug-likeness (QED) is 0.701. The molecule has 30 heavy (non-hydrogen) atoms. The van der Waals surface area contributed by atoms with E-state index in [4.69, 9.17) is 4.74 Å². The fraction of sp³-hybridized carbons (Fsp3) is 0.273. The van der Waals surface area contributed by atoms with Gasteiger partial charge in [-0.25, -0.2) is 9.37 Å². The first-order valence-electron chi connectivity index (χ1n) is 9.74. The van der Waals surface area contributed by atoms with E-state index in [-0.39, 0.29) is 23.1 Å². The van der Waals surface area contributed by atoms with Gasteiger partial charge in [-0.15, -0.1) is 0 Å². The van der Waals surface area contributed by atoms with Crippen molar-refractivity contribution in [1.29, 1.82) is 0 Å². The second-order valence-corrected chi connectivity index (χ2v) is 7.19. The second kappa shape index (κ2) is 8.44. The number of ether oxygens (including phenoxy) is 1. The molecule has 1 saturated heterocycles. The number of para-hydroxylation sites is 1. The topological polar surface area (TPSA) is 88.2 Å². The highest BCUT2D eigenvalue weighted by Crippen LogP contribution is 2.27. The summed E-state index contributed by atoms with van der Waals surface area (Å²) in [5.41, 5.74) is 0.938. The van der Waals surface area contributed by atoms with Crippen molar-refractivity contribution in [3.05, 3.63) is 76.6 Å². The van der Waals surface area contributed by atoms with Crippen LogP contribution in [-0.2, 0) is 4.79 Å². The lowest BCUT2D eigenvalue weighted by molar-refractivity contribution is -0.136. The van der Waals surface area contributed by atoms with Crippen LogP contribution >= 0.6 is 0 Å². The van der Waals surface area contributed by atoms with Gasteiger partial charge in [0.05, 0.1) is 5.69 Å². The Labute approximate surface area is 172 Å². The van der Waals surface area contributed by atoms with Gasteiger partial charge in [-0.05, 0) is 37.6 Å². The lowest BCUT2D eigenvalue weighted by Gasteiger charge is -2.22. The van der Waals surface area contributed by atoms with Gasteiger partial charge < -0.3 is 14.6 Å². The molecular weight excluding hydrogens is 387 g/mol. The summed E-state index contributed by atoms with van der Waals surface area (Å²) in [6, 6.07) is 12.8. The van der Waals surface area contributed by atoms with Crippen molar-refractivity contribution in [1.82, 2.24) is 19.9 Å². The molecule has 154 valence electrons. The van der Waals surface area contributed by atoms with E-state index in [1.54, 1.807) is 42.3 Å². The van der Waals surface area contributed by atoms with Gasteiger partial charge in [0.15, 0.2) is 23.5 Å². The van der Waals surface area contributed by atoms with Crippen LogP contribution in [0.2, 0.25) is 0 Å². The highest BCUT2D eigenvalue weighted by Gasteiger charge is 2.32. The third kappa shape index (κ3) is 4.22. The summed E-state index contributed by atoms with van der Waals surface area (Å²) in [5.74, 6) is -0.356. The summed E-state index contributed by atoms with van der Waals surface area (Å²) in [4.78, 5) is 38.1. The molecule has 2 unspecified atom stereocenters. The van der Waals surface area contributed by atoms with Crippen LogP contribution in [0.5, 0.6) is 5.75 Å². The second-order valence-electron chi connectivity index (χ2n) is 7.19. The van der Waals surface area contributed by atoms with Crippen LogP contribution in [0.3, 0.4) is 0 Å². The van der Waals surface area contributed by atoms with Crippen LogP contribution in [0.25, 0.3) is 11.5 Å². The average Bonchev–Trinajstić information content (AvgIpc) is 3.25. The number of carbonyl (C=O) groups excluding carboxylic acids is 1. The first-order chi connectivity index (χ1) is 14.5. The maximum absolute atomic E-state index is 13.8. The Bertz CT molecular complexity index is 1100. The normalized spacial score (nSPS) is 17.0. The largest absolute Gasteiger partial charge is 0.478 e. The molecular formula is C22H21FN4O3. The van der Waals surface area contributed by atoms with Gasteiger partial charge >= 0.3 is 0 Å². The molecule has 7 nitrogen and oxygen atoms in total. The molecule has 8 heteroatoms. The molecule has 1 N–H and O–H groups in total. The van der Waals surface area contributed by atoms with Crippen LogP contribution in [-0.4, -0.2) is 45.0 Å². The van der Waals surface area contributed by atoms with E-state index in [0.717, 1.165) is 0 Å². The number of carbonyl (C=O) groups is 1. The Morgan fingerprint density at radius 1 is 1.27 bits per heavy atom. The number of hydrogen-bond donors (Lipinski definition) is 1. The summed E-state index contributed by atoms with van der Waals surface area (Å²) in [5, 5.41) is 0. The molecule has 0 saturated carbocycles. The fourth-order valence-electron chi connectivity index (χ4n) is 3.55. The zero-order chi connectivity index (χ0) is 21.1. The average molecular weight is 408 g/mol. The Kier molecular flexibility index (Phi) is 5.56. The third-order valence-corrected chi connectivity index (χ3v) is 5.08. The van der Waals surface area contributed by atoms with Crippen molar-refractivity contribution in [3.63, 3.8) is 0 Å². The number of halogens is 1. The number of likely N-dealkylation sites (tertiary alicyclic amines) is 1. The van der Waals surface area contributed by atoms with Crippen LogP contribution in [0, 0.1) is 5.82 Å². The van der Waals surface area contributed by atoms with E-state index >= 15 is 0 Å². The summed E-state index contributed by atoms with van der Waals surface area (Å²) in [6.45, 7) is 2.54. The number of benzene rings is 1. The standard InChI is InChI=1S/C22H21FN4O3/c1-14(30-19-8-3-2-6-16(19)23)22(29)27-11-9-15(13-27)18-12-20(28)26-21(25-18)17-7-4-5-10-24-17/h2-8,10,12,14-15H,9,11,13H2,1H3,(H,25,26,28). The van der Waals surface area contributed by atoms with Crippen molar-refractivity contribution in [3.8, 4) is 17.3 Å². The van der Waals surface area contributed by atoms with E-state index in [0.29, 0.717) is 36.7 Å². The van der Waals surface area contributed by atoms with Crippen LogP contribution in [0.15, 0.2) is 59.5 Å². The van der Waals surface area contributed by atoms with Crippen LogP contribution < -0.4 is 10.3 Å². The van der Waals surface area contributed by atoms with E-state index in [1.807, 2.05) is 6.07 Å². The van der Waals surface area contributed by atoms with Gasteiger partial charge in [-0.3, -0.25) is 14.6 Å². The molecule has 2 atom stereocenters. The molecule has 0 bridgehead atoms. The smallest absolute Gasteiger partial charge is 0.263 e. The highest BCUT2D eigenvalue weighted by atomic mass is 19.1. The minimum absolute atomic E-state index is 0.0466. The van der Waals surface area contributed by atoms with Crippen LogP contribution in [0.4, 0.5) is 4.39 Å². The molecule has 0 spiro atoms. The van der Waals surface area contributed by atoms with Gasteiger partial charge in [0, 0.05) is 31.3 Å². The van der Waals surface area contributed by atoms with Crippen molar-refractivity contribution in [2.45, 2.75) is 25.4 Å². The van der Waals surface area contributed by atoms with Gasteiger partial charge in [-0.2, -0.15) is 0 Å². The van der Waals surface area contributed by atoms with Crippen molar-refractivity contribution in [2.75, 3.05) is 13.1 Å². The van der Waals surface area contributed by atoms with Crippen molar-refractivity contribution in [2.24, 2.45) is 0 Å². The Morgan fingerprint density at radius 3 is 2.83 bits per heavy atom. The van der Waals surface area contributed by atoms with Crippen molar-refractivity contribution < 1.29 is 13.9 Å². The molecule has 3 heterocycles. The monoisotopic (exact) mass is 408 g/mol. The zero-order valence-electron chi connectivity index (χ0n) is 16.4. The predicted molar refractivity (Wildman–Crippen MR) is 109 cm³/mol. The predicted octanol–water partition coefficient (Wildman–Crippen LogP) is 2.75. The Balaban J connectivity index is 1.47. The number of pyridine rings is 1. The van der Waals surface area contributed by atoms with Gasteiger partial charge in [0.25, 0.3) is 11.5 Å². The Hall–Kier alpha value is -3.55. The number of nitrogens with zero attached hydrogens (tertiary/aromatic N) is 3. The third-order valence-electron chi connectivity index (χ3n) is 5.08. The van der Waals surface area contributed by atoms with Crippen LogP contribution in [0.1, 0.15) is 25.0 Å². The molecule has 4 rings (SSSR count). The maximum Gasteiger partial charge on any atom is 0.263 e. The van der Waals surface area contributed by atoms with E-state index in [2.05, 4.69) is 15.0 Å². The zero-order valence-corrected chi connectivity index (χ0v) is 16.4. The number of nitrogens with one attached hydrogen (secondary N) is 1. The number of H-pyrrole nitrogens is 1. The lowest BCUT2D eigenvalue weighted by atomic mass is 10.0. The Morgan fingerprint density at radius 2 is 2.07 bits per heavy atom. The number of rotatable bonds is 5. The molecule has 1 amide bonds. The van der Waals surface area contributed by atoms with E-state index in [1.165, 1.54) is 18.2 Å². The van der Waals surface area contributed by atoms with E-state index in [9.17, 15) is 14.0 Å². The molecule has 1 fully saturated rings. The molecule has 1 aliphatic heterocycles. The van der Waals surface area contributed by atoms with E-state index < -0.39 is 11.9 Å². The molecule has 0 aliphatic carbocycles. The first-order valence-corrected chi connectivity index (χ1v) is 9.74. The highest BCUT2D eigenvalue weighted by molar-refractivity contribution is 5.81. The van der Waals surface area contributed by atoms with Gasteiger partial charge in [-0.1, -0.05) is 18.2 Å². The van der Waals surface area contributed by atoms with Gasteiger partial charge in [0.2, 0.25) is 0 Å². The summed E-state index contributed by atoms with van der Waals surface area (Å²) >= 11 is 0. The van der Waals surface area contributed by atoms with Gasteiger partial charge in [0.1, 0.15) is 5.69 Å². The SMILES string of the molecule is CC(Oc1ccccc1F)C(=O)N1CCC(c2cc(=O)[nH]c(-c3ccccn3)n2)C1. The summed E-state index contributed by atoms with van der Waals surface area (Å²) in [7, 11) is 0. The summed E-state index contributed by atoms with van der Waals surface area (Å²) < 4.78 is 19.3. The number of amides is 1. The summed E-state index contributed by atoms with van der Waals surface area (Å²) in [6.07, 6.45) is 1.49.